The van der Waals surface area contributed by atoms with Gasteiger partial charge in [0.25, 0.3) is 0 Å². The van der Waals surface area contributed by atoms with E-state index >= 15 is 0 Å². The van der Waals surface area contributed by atoms with Gasteiger partial charge in [0, 0.05) is 38.1 Å². The molecule has 0 aliphatic carbocycles. The highest BCUT2D eigenvalue weighted by atomic mass is 35.5. The maximum Gasteiger partial charge on any atom is 0.224 e. The number of carbonyl (C=O) groups excluding carboxylic acids is 1. The first kappa shape index (κ1) is 17.7. The van der Waals surface area contributed by atoms with E-state index in [-0.39, 0.29) is 29.1 Å². The van der Waals surface area contributed by atoms with Crippen LogP contribution < -0.4 is 5.32 Å². The van der Waals surface area contributed by atoms with Gasteiger partial charge in [-0.25, -0.2) is 0 Å². The topological polar surface area (TPSA) is 65.5 Å². The third kappa shape index (κ3) is 5.18. The number of rotatable bonds is 5. The van der Waals surface area contributed by atoms with Crippen LogP contribution in [0.1, 0.15) is 24.0 Å². The second-order valence-corrected chi connectivity index (χ2v) is 6.85. The summed E-state index contributed by atoms with van der Waals surface area (Å²) >= 11 is 5.88. The fraction of sp³-hybridized carbons (Fsp3) is 0.368. The Hall–Kier alpha value is -2.11. The monoisotopic (exact) mass is 359 g/mol. The number of piperidine rings is 1. The molecular formula is C19H22ClN3O2. The molecule has 2 N–H and O–H groups in total. The smallest absolute Gasteiger partial charge is 0.224 e. The number of aromatic nitrogens is 1. The summed E-state index contributed by atoms with van der Waals surface area (Å²) < 4.78 is 0. The second-order valence-electron chi connectivity index (χ2n) is 6.44. The molecule has 1 aliphatic rings. The van der Waals surface area contributed by atoms with E-state index < -0.39 is 0 Å². The molecule has 0 bridgehead atoms. The van der Waals surface area contributed by atoms with Gasteiger partial charge in [-0.05, 0) is 42.2 Å². The average Bonchev–Trinajstić information content (AvgIpc) is 2.61. The van der Waals surface area contributed by atoms with Crippen molar-refractivity contribution >= 4 is 17.5 Å². The normalized spacial score (nSPS) is 15.9. The van der Waals surface area contributed by atoms with Crippen molar-refractivity contribution in [2.24, 2.45) is 0 Å². The van der Waals surface area contributed by atoms with E-state index in [1.807, 2.05) is 12.3 Å². The van der Waals surface area contributed by atoms with E-state index in [0.29, 0.717) is 0 Å². The van der Waals surface area contributed by atoms with Gasteiger partial charge in [-0.2, -0.15) is 0 Å². The van der Waals surface area contributed by atoms with Crippen LogP contribution in [0.3, 0.4) is 0 Å². The van der Waals surface area contributed by atoms with Crippen LogP contribution >= 0.6 is 11.6 Å². The predicted molar refractivity (Wildman–Crippen MR) is 97.5 cm³/mol. The van der Waals surface area contributed by atoms with Crippen LogP contribution in [0, 0.1) is 0 Å². The molecule has 1 aromatic heterocycles. The lowest BCUT2D eigenvalue weighted by Crippen LogP contribution is -2.44. The summed E-state index contributed by atoms with van der Waals surface area (Å²) in [4.78, 5) is 18.7. The summed E-state index contributed by atoms with van der Waals surface area (Å²) in [5, 5.41) is 12.8. The van der Waals surface area contributed by atoms with Crippen LogP contribution in [-0.4, -0.2) is 40.0 Å². The third-order valence-electron chi connectivity index (χ3n) is 4.46. The number of pyridine rings is 1. The Labute approximate surface area is 152 Å². The fourth-order valence-corrected chi connectivity index (χ4v) is 3.31. The average molecular weight is 360 g/mol. The molecule has 1 aliphatic heterocycles. The number of hydrogen-bond donors (Lipinski definition) is 2. The zero-order valence-electron chi connectivity index (χ0n) is 14.0. The van der Waals surface area contributed by atoms with Gasteiger partial charge in [0.05, 0.1) is 11.4 Å². The molecular weight excluding hydrogens is 338 g/mol. The number of nitrogens with one attached hydrogen (secondary N) is 1. The van der Waals surface area contributed by atoms with Crippen LogP contribution in [0.4, 0.5) is 0 Å². The first-order chi connectivity index (χ1) is 12.1. The SMILES string of the molecule is O=C(Cc1ccc(O)c(Cl)c1)NC1CCN(Cc2cccnc2)CC1. The summed E-state index contributed by atoms with van der Waals surface area (Å²) in [6, 6.07) is 9.12. The highest BCUT2D eigenvalue weighted by Gasteiger charge is 2.20. The Morgan fingerprint density at radius 1 is 1.28 bits per heavy atom. The molecule has 0 unspecified atom stereocenters. The van der Waals surface area contributed by atoms with Gasteiger partial charge in [0.1, 0.15) is 5.75 Å². The van der Waals surface area contributed by atoms with Crippen LogP contribution in [0.2, 0.25) is 5.02 Å². The Balaban J connectivity index is 1.43. The molecule has 5 nitrogen and oxygen atoms in total. The fourth-order valence-electron chi connectivity index (χ4n) is 3.11. The van der Waals surface area contributed by atoms with Gasteiger partial charge in [0.2, 0.25) is 5.91 Å². The summed E-state index contributed by atoms with van der Waals surface area (Å²) in [6.07, 6.45) is 5.85. The third-order valence-corrected chi connectivity index (χ3v) is 4.76. The number of hydrogen-bond acceptors (Lipinski definition) is 4. The van der Waals surface area contributed by atoms with Gasteiger partial charge in [-0.15, -0.1) is 0 Å². The van der Waals surface area contributed by atoms with Crippen molar-refractivity contribution in [1.82, 2.24) is 15.2 Å². The number of benzene rings is 1. The van der Waals surface area contributed by atoms with Crippen LogP contribution in [0.5, 0.6) is 5.75 Å². The van der Waals surface area contributed by atoms with Crippen molar-refractivity contribution in [3.63, 3.8) is 0 Å². The molecule has 6 heteroatoms. The maximum absolute atomic E-state index is 12.2. The largest absolute Gasteiger partial charge is 0.506 e. The van der Waals surface area contributed by atoms with E-state index in [2.05, 4.69) is 21.3 Å². The first-order valence-electron chi connectivity index (χ1n) is 8.48. The predicted octanol–water partition coefficient (Wildman–Crippen LogP) is 2.76. The highest BCUT2D eigenvalue weighted by molar-refractivity contribution is 6.32. The van der Waals surface area contributed by atoms with Gasteiger partial charge in [0.15, 0.2) is 0 Å². The van der Waals surface area contributed by atoms with E-state index in [1.54, 1.807) is 18.3 Å². The Morgan fingerprint density at radius 3 is 2.76 bits per heavy atom. The molecule has 3 rings (SSSR count). The first-order valence-corrected chi connectivity index (χ1v) is 8.86. The molecule has 25 heavy (non-hydrogen) atoms. The van der Waals surface area contributed by atoms with Gasteiger partial charge in [-0.1, -0.05) is 23.7 Å². The molecule has 2 aromatic rings. The zero-order chi connectivity index (χ0) is 17.6. The number of likely N-dealkylation sites (tertiary alicyclic amines) is 1. The number of carbonyl (C=O) groups is 1. The maximum atomic E-state index is 12.2. The van der Waals surface area contributed by atoms with Crippen LogP contribution in [0.15, 0.2) is 42.7 Å². The minimum Gasteiger partial charge on any atom is -0.506 e. The number of phenols is 1. The Bertz CT molecular complexity index is 716. The van der Waals surface area contributed by atoms with E-state index in [4.69, 9.17) is 11.6 Å². The molecule has 2 heterocycles. The molecule has 0 radical (unpaired) electrons. The molecule has 132 valence electrons. The van der Waals surface area contributed by atoms with Crippen LogP contribution in [0.25, 0.3) is 0 Å². The van der Waals surface area contributed by atoms with Crippen molar-refractivity contribution < 1.29 is 9.90 Å². The lowest BCUT2D eigenvalue weighted by atomic mass is 10.0. The highest BCUT2D eigenvalue weighted by Crippen LogP contribution is 2.23. The summed E-state index contributed by atoms with van der Waals surface area (Å²) in [6.45, 7) is 2.83. The number of amides is 1. The molecule has 1 amide bonds. The number of aromatic hydroxyl groups is 1. The molecule has 1 saturated heterocycles. The van der Waals surface area contributed by atoms with Gasteiger partial charge in [-0.3, -0.25) is 14.7 Å². The summed E-state index contributed by atoms with van der Waals surface area (Å²) in [5.41, 5.74) is 2.02. The van der Waals surface area contributed by atoms with E-state index in [9.17, 15) is 9.90 Å². The van der Waals surface area contributed by atoms with E-state index in [1.165, 1.54) is 11.6 Å². The minimum atomic E-state index is -0.00698. The number of halogens is 1. The lowest BCUT2D eigenvalue weighted by Gasteiger charge is -2.32. The zero-order valence-corrected chi connectivity index (χ0v) is 14.7. The Kier molecular flexibility index (Phi) is 5.89. The number of phenolic OH excluding ortho intramolecular Hbond substituents is 1. The van der Waals surface area contributed by atoms with Crippen molar-refractivity contribution in [1.29, 1.82) is 0 Å². The summed E-state index contributed by atoms with van der Waals surface area (Å²) in [5.74, 6) is 0.0271. The molecule has 0 atom stereocenters. The van der Waals surface area contributed by atoms with Crippen LogP contribution in [-0.2, 0) is 17.8 Å². The minimum absolute atomic E-state index is 0.00698. The Morgan fingerprint density at radius 2 is 2.08 bits per heavy atom. The number of nitrogens with zero attached hydrogens (tertiary/aromatic N) is 2. The van der Waals surface area contributed by atoms with Gasteiger partial charge >= 0.3 is 0 Å². The standard InChI is InChI=1S/C19H22ClN3O2/c20-17-10-14(3-4-18(17)24)11-19(25)22-16-5-8-23(9-6-16)13-15-2-1-7-21-12-15/h1-4,7,10,12,16,24H,5-6,8-9,11,13H2,(H,22,25). The molecule has 1 fully saturated rings. The lowest BCUT2D eigenvalue weighted by molar-refractivity contribution is -0.121. The quantitative estimate of drug-likeness (QED) is 0.861. The van der Waals surface area contributed by atoms with Crippen molar-refractivity contribution in [3.8, 4) is 5.75 Å². The van der Waals surface area contributed by atoms with Crippen molar-refractivity contribution in [2.45, 2.75) is 31.8 Å². The molecule has 0 spiro atoms. The van der Waals surface area contributed by atoms with Gasteiger partial charge < -0.3 is 10.4 Å². The molecule has 0 saturated carbocycles. The summed E-state index contributed by atoms with van der Waals surface area (Å²) in [7, 11) is 0. The second kappa shape index (κ2) is 8.32. The van der Waals surface area contributed by atoms with Crippen molar-refractivity contribution in [2.75, 3.05) is 13.1 Å². The molecule has 1 aromatic carbocycles. The van der Waals surface area contributed by atoms with E-state index in [0.717, 1.165) is 38.0 Å². The van der Waals surface area contributed by atoms with Crippen molar-refractivity contribution in [3.05, 3.63) is 58.9 Å².